The Balaban J connectivity index is 2.18. The van der Waals surface area contributed by atoms with Gasteiger partial charge in [0, 0.05) is 16.8 Å². The van der Waals surface area contributed by atoms with Gasteiger partial charge in [0.25, 0.3) is 0 Å². The first-order chi connectivity index (χ1) is 9.74. The zero-order valence-electron chi connectivity index (χ0n) is 10.4. The van der Waals surface area contributed by atoms with Crippen molar-refractivity contribution >= 4 is 11.6 Å². The molecule has 0 unspecified atom stereocenters. The van der Waals surface area contributed by atoms with Crippen molar-refractivity contribution in [2.45, 2.75) is 0 Å². The average Bonchev–Trinajstić information content (AvgIpc) is 2.48. The van der Waals surface area contributed by atoms with E-state index in [2.05, 4.69) is 15.0 Å². The maximum atomic E-state index is 11.7. The number of nitrogens with one attached hydrogen (secondary N) is 1. The van der Waals surface area contributed by atoms with Crippen molar-refractivity contribution in [2.75, 3.05) is 0 Å². The monoisotopic (exact) mass is 283 g/mol. The lowest BCUT2D eigenvalue weighted by Crippen LogP contribution is -2.12. The van der Waals surface area contributed by atoms with Crippen LogP contribution in [0.25, 0.3) is 22.6 Å². The molecule has 4 nitrogen and oxygen atoms in total. The van der Waals surface area contributed by atoms with Crippen molar-refractivity contribution in [3.05, 3.63) is 70.2 Å². The van der Waals surface area contributed by atoms with Gasteiger partial charge in [-0.15, -0.1) is 0 Å². The number of rotatable bonds is 2. The predicted octanol–water partition coefficient (Wildman–Crippen LogP) is 3.15. The molecule has 0 atom stereocenters. The number of H-pyrrole nitrogens is 1. The molecule has 1 N–H and O–H groups in total. The molecule has 3 rings (SSSR count). The van der Waals surface area contributed by atoms with Crippen LogP contribution in [0.5, 0.6) is 0 Å². The van der Waals surface area contributed by atoms with Gasteiger partial charge >= 0.3 is 5.69 Å². The van der Waals surface area contributed by atoms with Gasteiger partial charge in [0.15, 0.2) is 0 Å². The van der Waals surface area contributed by atoms with E-state index in [1.54, 1.807) is 18.3 Å². The lowest BCUT2D eigenvalue weighted by molar-refractivity contribution is 1.08. The van der Waals surface area contributed by atoms with Gasteiger partial charge in [-0.1, -0.05) is 35.9 Å². The second kappa shape index (κ2) is 5.27. The first-order valence-electron chi connectivity index (χ1n) is 6.02. The zero-order valence-corrected chi connectivity index (χ0v) is 11.1. The van der Waals surface area contributed by atoms with Crippen molar-refractivity contribution in [2.24, 2.45) is 0 Å². The molecule has 0 saturated carbocycles. The van der Waals surface area contributed by atoms with Gasteiger partial charge in [0.2, 0.25) is 0 Å². The summed E-state index contributed by atoms with van der Waals surface area (Å²) in [6, 6.07) is 14.5. The molecule has 3 aromatic rings. The zero-order chi connectivity index (χ0) is 13.9. The van der Waals surface area contributed by atoms with Crippen LogP contribution >= 0.6 is 11.6 Å². The number of nitrogens with zero attached hydrogens (tertiary/aromatic N) is 2. The van der Waals surface area contributed by atoms with Crippen molar-refractivity contribution in [1.82, 2.24) is 15.0 Å². The maximum Gasteiger partial charge on any atom is 0.346 e. The molecule has 5 heteroatoms. The summed E-state index contributed by atoms with van der Waals surface area (Å²) in [5, 5.41) is 0.553. The van der Waals surface area contributed by atoms with E-state index in [0.717, 1.165) is 5.56 Å². The van der Waals surface area contributed by atoms with Crippen molar-refractivity contribution in [3.8, 4) is 22.6 Å². The highest BCUT2D eigenvalue weighted by atomic mass is 35.5. The number of benzene rings is 1. The molecule has 0 fully saturated rings. The number of hydrogen-bond donors (Lipinski definition) is 1. The Hall–Kier alpha value is -2.46. The van der Waals surface area contributed by atoms with Gasteiger partial charge in [-0.25, -0.2) is 4.79 Å². The van der Waals surface area contributed by atoms with Crippen LogP contribution in [-0.2, 0) is 0 Å². The summed E-state index contributed by atoms with van der Waals surface area (Å²) in [5.41, 5.74) is 2.11. The third kappa shape index (κ3) is 2.46. The molecule has 98 valence electrons. The van der Waals surface area contributed by atoms with Crippen molar-refractivity contribution in [3.63, 3.8) is 0 Å². The van der Waals surface area contributed by atoms with E-state index in [9.17, 15) is 4.79 Å². The molecule has 2 heterocycles. The number of halogens is 1. The predicted molar refractivity (Wildman–Crippen MR) is 78.5 cm³/mol. The molecule has 20 heavy (non-hydrogen) atoms. The maximum absolute atomic E-state index is 11.7. The number of hydrogen-bond acceptors (Lipinski definition) is 3. The molecule has 0 radical (unpaired) electrons. The van der Waals surface area contributed by atoms with E-state index in [4.69, 9.17) is 11.6 Å². The average molecular weight is 284 g/mol. The minimum absolute atomic E-state index is 0.428. The first-order valence-corrected chi connectivity index (χ1v) is 6.39. The van der Waals surface area contributed by atoms with Gasteiger partial charge in [0.1, 0.15) is 0 Å². The third-order valence-electron chi connectivity index (χ3n) is 2.84. The van der Waals surface area contributed by atoms with E-state index in [0.29, 0.717) is 22.1 Å². The normalized spacial score (nSPS) is 10.4. The Morgan fingerprint density at radius 3 is 2.55 bits per heavy atom. The molecular weight excluding hydrogens is 274 g/mol. The highest BCUT2D eigenvalue weighted by molar-refractivity contribution is 6.33. The minimum atomic E-state index is -0.428. The highest BCUT2D eigenvalue weighted by Crippen LogP contribution is 2.26. The van der Waals surface area contributed by atoms with Crippen molar-refractivity contribution < 1.29 is 0 Å². The summed E-state index contributed by atoms with van der Waals surface area (Å²) >= 11 is 6.14. The molecule has 1 aromatic carbocycles. The van der Waals surface area contributed by atoms with Crippen LogP contribution in [0.15, 0.2) is 59.5 Å². The summed E-state index contributed by atoms with van der Waals surface area (Å²) in [7, 11) is 0. The van der Waals surface area contributed by atoms with Crippen LogP contribution in [0.3, 0.4) is 0 Å². The van der Waals surface area contributed by atoms with Gasteiger partial charge in [-0.3, -0.25) is 4.98 Å². The summed E-state index contributed by atoms with van der Waals surface area (Å²) < 4.78 is 0. The SMILES string of the molecule is O=c1nc(-c2ccccc2Cl)cc(-c2ccccn2)[nH]1. The minimum Gasteiger partial charge on any atom is -0.304 e. The second-order valence-electron chi connectivity index (χ2n) is 4.18. The van der Waals surface area contributed by atoms with E-state index >= 15 is 0 Å². The van der Waals surface area contributed by atoms with Crippen LogP contribution in [0.2, 0.25) is 5.02 Å². The third-order valence-corrected chi connectivity index (χ3v) is 3.16. The summed E-state index contributed by atoms with van der Waals surface area (Å²) in [6.45, 7) is 0. The van der Waals surface area contributed by atoms with E-state index in [1.165, 1.54) is 0 Å². The quantitative estimate of drug-likeness (QED) is 0.786. The second-order valence-corrected chi connectivity index (χ2v) is 4.59. The summed E-state index contributed by atoms with van der Waals surface area (Å²) in [5.74, 6) is 0. The highest BCUT2D eigenvalue weighted by Gasteiger charge is 2.08. The molecular formula is C15H10ClN3O. The van der Waals surface area contributed by atoms with Crippen LogP contribution in [-0.4, -0.2) is 15.0 Å². The molecule has 0 aliphatic rings. The van der Waals surface area contributed by atoms with Crippen LogP contribution < -0.4 is 5.69 Å². The van der Waals surface area contributed by atoms with Gasteiger partial charge in [-0.05, 0) is 24.3 Å². The summed E-state index contributed by atoms with van der Waals surface area (Å²) in [6.07, 6.45) is 1.67. The molecule has 2 aromatic heterocycles. The molecule has 0 saturated heterocycles. The lowest BCUT2D eigenvalue weighted by atomic mass is 10.1. The Labute approximate surface area is 120 Å². The molecule has 0 amide bonds. The molecule has 0 aliphatic heterocycles. The largest absolute Gasteiger partial charge is 0.346 e. The van der Waals surface area contributed by atoms with Gasteiger partial charge in [0.05, 0.1) is 17.1 Å². The lowest BCUT2D eigenvalue weighted by Gasteiger charge is -2.05. The topological polar surface area (TPSA) is 58.6 Å². The fourth-order valence-corrected chi connectivity index (χ4v) is 2.16. The number of pyridine rings is 1. The fraction of sp³-hybridized carbons (Fsp3) is 0. The Bertz CT molecular complexity index is 799. The standard InChI is InChI=1S/C15H10ClN3O/c16-11-6-2-1-5-10(11)13-9-14(19-15(20)18-13)12-7-3-4-8-17-12/h1-9H,(H,18,19,20). The van der Waals surface area contributed by atoms with Gasteiger partial charge in [-0.2, -0.15) is 4.98 Å². The van der Waals surface area contributed by atoms with Crippen LogP contribution in [0.4, 0.5) is 0 Å². The number of aromatic amines is 1. The fourth-order valence-electron chi connectivity index (χ4n) is 1.92. The van der Waals surface area contributed by atoms with Gasteiger partial charge < -0.3 is 4.98 Å². The Morgan fingerprint density at radius 1 is 1.00 bits per heavy atom. The first kappa shape index (κ1) is 12.6. The van der Waals surface area contributed by atoms with E-state index in [-0.39, 0.29) is 0 Å². The smallest absolute Gasteiger partial charge is 0.304 e. The van der Waals surface area contributed by atoms with E-state index < -0.39 is 5.69 Å². The summed E-state index contributed by atoms with van der Waals surface area (Å²) in [4.78, 5) is 22.6. The van der Waals surface area contributed by atoms with Crippen LogP contribution in [0.1, 0.15) is 0 Å². The molecule has 0 spiro atoms. The Kier molecular flexibility index (Phi) is 3.31. The van der Waals surface area contributed by atoms with Crippen LogP contribution in [0, 0.1) is 0 Å². The van der Waals surface area contributed by atoms with Crippen molar-refractivity contribution in [1.29, 1.82) is 0 Å². The molecule has 0 aliphatic carbocycles. The number of aromatic nitrogens is 3. The van der Waals surface area contributed by atoms with E-state index in [1.807, 2.05) is 36.4 Å². The Morgan fingerprint density at radius 2 is 1.80 bits per heavy atom. The molecule has 0 bridgehead atoms.